The Balaban J connectivity index is 1.36. The van der Waals surface area contributed by atoms with Gasteiger partial charge in [-0.05, 0) is 48.4 Å². The lowest BCUT2D eigenvalue weighted by Crippen LogP contribution is -2.38. The number of nitrogens with one attached hydrogen (secondary N) is 1. The van der Waals surface area contributed by atoms with Crippen molar-refractivity contribution in [1.29, 1.82) is 0 Å². The molecule has 1 aliphatic heterocycles. The molecule has 124 valence electrons. The van der Waals surface area contributed by atoms with E-state index in [-0.39, 0.29) is 12.8 Å². The first-order valence-electron chi connectivity index (χ1n) is 8.57. The van der Waals surface area contributed by atoms with Crippen LogP contribution in [-0.2, 0) is 30.6 Å². The van der Waals surface area contributed by atoms with Gasteiger partial charge in [0, 0.05) is 12.0 Å². The van der Waals surface area contributed by atoms with Crippen molar-refractivity contribution in [2.45, 2.75) is 44.9 Å². The highest BCUT2D eigenvalue weighted by atomic mass is 16.6. The number of benzene rings is 2. The zero-order valence-corrected chi connectivity index (χ0v) is 13.6. The number of fused-ring (bicyclic) bond motifs is 3. The molecule has 1 heterocycles. The molecule has 4 heteroatoms. The van der Waals surface area contributed by atoms with Crippen molar-refractivity contribution in [1.82, 2.24) is 5.32 Å². The van der Waals surface area contributed by atoms with Gasteiger partial charge in [-0.3, -0.25) is 5.32 Å². The van der Waals surface area contributed by atoms with Crippen LogP contribution >= 0.6 is 0 Å². The van der Waals surface area contributed by atoms with Gasteiger partial charge in [-0.25, -0.2) is 4.79 Å². The standard InChI is InChI=1S/C20H21NO3/c22-20(23-13-14-6-2-1-3-7-14)21-19-12-17-16-9-5-4-8-15(16)10-11-18(17)24-19/h1-3,6-7,10-11,19H,4-5,8-9,12-13H2,(H,21,22). The summed E-state index contributed by atoms with van der Waals surface area (Å²) in [5.74, 6) is 0.906. The Hall–Kier alpha value is -2.49. The van der Waals surface area contributed by atoms with E-state index < -0.39 is 6.09 Å². The van der Waals surface area contributed by atoms with E-state index in [9.17, 15) is 4.79 Å². The van der Waals surface area contributed by atoms with Crippen molar-refractivity contribution in [3.8, 4) is 5.75 Å². The summed E-state index contributed by atoms with van der Waals surface area (Å²) in [5, 5.41) is 2.82. The van der Waals surface area contributed by atoms with Gasteiger partial charge in [-0.15, -0.1) is 0 Å². The van der Waals surface area contributed by atoms with E-state index >= 15 is 0 Å². The second kappa shape index (κ2) is 6.56. The van der Waals surface area contributed by atoms with Gasteiger partial charge >= 0.3 is 6.09 Å². The van der Waals surface area contributed by atoms with Crippen molar-refractivity contribution in [3.63, 3.8) is 0 Å². The summed E-state index contributed by atoms with van der Waals surface area (Å²) < 4.78 is 11.2. The average Bonchev–Trinajstić information content (AvgIpc) is 3.04. The zero-order valence-electron chi connectivity index (χ0n) is 13.6. The Morgan fingerprint density at radius 2 is 1.92 bits per heavy atom. The fraction of sp³-hybridized carbons (Fsp3) is 0.350. The van der Waals surface area contributed by atoms with Crippen LogP contribution in [0.15, 0.2) is 42.5 Å². The molecule has 0 saturated heterocycles. The molecular weight excluding hydrogens is 302 g/mol. The van der Waals surface area contributed by atoms with Crippen LogP contribution in [0.1, 0.15) is 35.1 Å². The molecule has 24 heavy (non-hydrogen) atoms. The lowest BCUT2D eigenvalue weighted by atomic mass is 9.87. The Kier molecular flexibility index (Phi) is 4.11. The minimum absolute atomic E-state index is 0.266. The topological polar surface area (TPSA) is 47.6 Å². The molecule has 0 aromatic heterocycles. The maximum absolute atomic E-state index is 12.0. The van der Waals surface area contributed by atoms with Gasteiger partial charge in [-0.2, -0.15) is 0 Å². The van der Waals surface area contributed by atoms with Gasteiger partial charge in [0.1, 0.15) is 12.4 Å². The number of amides is 1. The molecule has 2 aromatic rings. The van der Waals surface area contributed by atoms with Crippen LogP contribution in [-0.4, -0.2) is 12.3 Å². The van der Waals surface area contributed by atoms with Crippen LogP contribution in [0.4, 0.5) is 4.79 Å². The SMILES string of the molecule is O=C(NC1Cc2c(ccc3c2CCCC3)O1)OCc1ccccc1. The van der Waals surface area contributed by atoms with Crippen molar-refractivity contribution in [3.05, 3.63) is 64.7 Å². The van der Waals surface area contributed by atoms with Crippen LogP contribution in [0.3, 0.4) is 0 Å². The normalized spacial score (nSPS) is 18.2. The second-order valence-electron chi connectivity index (χ2n) is 6.40. The number of hydrogen-bond acceptors (Lipinski definition) is 3. The van der Waals surface area contributed by atoms with E-state index in [2.05, 4.69) is 11.4 Å². The van der Waals surface area contributed by atoms with Gasteiger partial charge < -0.3 is 9.47 Å². The van der Waals surface area contributed by atoms with Crippen LogP contribution in [0.5, 0.6) is 5.75 Å². The number of hydrogen-bond donors (Lipinski definition) is 1. The van der Waals surface area contributed by atoms with Crippen LogP contribution < -0.4 is 10.1 Å². The Morgan fingerprint density at radius 3 is 2.79 bits per heavy atom. The number of aryl methyl sites for hydroxylation is 1. The highest BCUT2D eigenvalue weighted by Crippen LogP contribution is 2.36. The number of rotatable bonds is 3. The Labute approximate surface area is 141 Å². The maximum Gasteiger partial charge on any atom is 0.410 e. The van der Waals surface area contributed by atoms with Gasteiger partial charge in [-0.1, -0.05) is 36.4 Å². The third-order valence-electron chi connectivity index (χ3n) is 4.76. The van der Waals surface area contributed by atoms with Crippen molar-refractivity contribution in [2.24, 2.45) is 0 Å². The maximum atomic E-state index is 12.0. The van der Waals surface area contributed by atoms with Crippen molar-refractivity contribution < 1.29 is 14.3 Å². The summed E-state index contributed by atoms with van der Waals surface area (Å²) in [5.41, 5.74) is 5.11. The van der Waals surface area contributed by atoms with Crippen LogP contribution in [0.25, 0.3) is 0 Å². The monoisotopic (exact) mass is 323 g/mol. The summed E-state index contributed by atoms with van der Waals surface area (Å²) in [7, 11) is 0. The number of ether oxygens (including phenoxy) is 2. The lowest BCUT2D eigenvalue weighted by molar-refractivity contribution is 0.113. The molecular formula is C20H21NO3. The van der Waals surface area contributed by atoms with E-state index in [1.807, 2.05) is 36.4 Å². The number of carbonyl (C=O) groups excluding carboxylic acids is 1. The molecule has 0 bridgehead atoms. The van der Waals surface area contributed by atoms with Crippen LogP contribution in [0, 0.1) is 0 Å². The fourth-order valence-electron chi connectivity index (χ4n) is 3.57. The van der Waals surface area contributed by atoms with E-state index in [0.29, 0.717) is 0 Å². The first kappa shape index (κ1) is 15.1. The minimum Gasteiger partial charge on any atom is -0.470 e. The first-order valence-corrected chi connectivity index (χ1v) is 8.57. The third kappa shape index (κ3) is 3.09. The summed E-state index contributed by atoms with van der Waals surface area (Å²) in [6.45, 7) is 0.266. The van der Waals surface area contributed by atoms with Crippen molar-refractivity contribution in [2.75, 3.05) is 0 Å². The molecule has 1 atom stereocenters. The minimum atomic E-state index is -0.439. The Bertz CT molecular complexity index is 742. The smallest absolute Gasteiger partial charge is 0.410 e. The largest absolute Gasteiger partial charge is 0.470 e. The summed E-state index contributed by atoms with van der Waals surface area (Å²) in [6, 6.07) is 13.9. The summed E-state index contributed by atoms with van der Waals surface area (Å²) in [6.07, 6.45) is 4.72. The summed E-state index contributed by atoms with van der Waals surface area (Å²) in [4.78, 5) is 12.0. The van der Waals surface area contributed by atoms with E-state index in [1.54, 1.807) is 0 Å². The van der Waals surface area contributed by atoms with Gasteiger partial charge in [0.05, 0.1) is 0 Å². The van der Waals surface area contributed by atoms with Gasteiger partial charge in [0.25, 0.3) is 0 Å². The predicted octanol–water partition coefficient (Wildman–Crippen LogP) is 3.75. The molecule has 2 aromatic carbocycles. The average molecular weight is 323 g/mol. The fourth-order valence-corrected chi connectivity index (χ4v) is 3.57. The van der Waals surface area contributed by atoms with Gasteiger partial charge in [0.2, 0.25) is 0 Å². The lowest BCUT2D eigenvalue weighted by Gasteiger charge is -2.17. The molecule has 1 unspecified atom stereocenters. The molecule has 0 fully saturated rings. The molecule has 0 spiro atoms. The van der Waals surface area contributed by atoms with Gasteiger partial charge in [0.15, 0.2) is 6.23 Å². The molecule has 1 amide bonds. The quantitative estimate of drug-likeness (QED) is 0.936. The molecule has 1 N–H and O–H groups in total. The predicted molar refractivity (Wildman–Crippen MR) is 91.0 cm³/mol. The molecule has 4 rings (SSSR count). The number of alkyl carbamates (subject to hydrolysis) is 1. The molecule has 2 aliphatic rings. The highest BCUT2D eigenvalue weighted by Gasteiger charge is 2.28. The van der Waals surface area contributed by atoms with E-state index in [4.69, 9.17) is 9.47 Å². The first-order chi connectivity index (χ1) is 11.8. The summed E-state index contributed by atoms with van der Waals surface area (Å²) >= 11 is 0. The van der Waals surface area contributed by atoms with Crippen molar-refractivity contribution >= 4 is 6.09 Å². The number of carbonyl (C=O) groups is 1. The third-order valence-corrected chi connectivity index (χ3v) is 4.76. The second-order valence-corrected chi connectivity index (χ2v) is 6.40. The van der Waals surface area contributed by atoms with Crippen LogP contribution in [0.2, 0.25) is 0 Å². The molecule has 0 radical (unpaired) electrons. The highest BCUT2D eigenvalue weighted by molar-refractivity contribution is 5.68. The Morgan fingerprint density at radius 1 is 1.08 bits per heavy atom. The molecule has 0 saturated carbocycles. The zero-order chi connectivity index (χ0) is 16.4. The van der Waals surface area contributed by atoms with E-state index in [0.717, 1.165) is 30.6 Å². The van der Waals surface area contributed by atoms with E-state index in [1.165, 1.54) is 29.5 Å². The molecule has 4 nitrogen and oxygen atoms in total. The molecule has 1 aliphatic carbocycles.